The zero-order valence-electron chi connectivity index (χ0n) is 10.4. The van der Waals surface area contributed by atoms with Gasteiger partial charge in [0.05, 0.1) is 18.6 Å². The summed E-state index contributed by atoms with van der Waals surface area (Å²) < 4.78 is 5.65. The molecule has 2 aliphatic heterocycles. The van der Waals surface area contributed by atoms with Gasteiger partial charge in [-0.15, -0.1) is 23.2 Å². The van der Waals surface area contributed by atoms with Crippen molar-refractivity contribution in [3.63, 3.8) is 0 Å². The first kappa shape index (κ1) is 20.0. The van der Waals surface area contributed by atoms with Crippen molar-refractivity contribution in [3.8, 4) is 0 Å². The van der Waals surface area contributed by atoms with E-state index in [4.69, 9.17) is 102 Å². The maximum atomic E-state index is 11.4. The number of carboxylic acids is 1. The quantitative estimate of drug-likeness (QED) is 0.618. The Balaban J connectivity index is 2.53. The second kappa shape index (κ2) is 5.87. The molecule has 2 fully saturated rings. The Morgan fingerprint density at radius 3 is 2.05 bits per heavy atom. The molecule has 0 aromatic heterocycles. The summed E-state index contributed by atoms with van der Waals surface area (Å²) in [5, 5.41) is 3.93. The maximum absolute atomic E-state index is 11.4. The molecule has 128 valence electrons. The van der Waals surface area contributed by atoms with Gasteiger partial charge in [-0.1, -0.05) is 69.6 Å². The van der Waals surface area contributed by atoms with Crippen LogP contribution in [0.1, 0.15) is 6.42 Å². The predicted molar refractivity (Wildman–Crippen MR) is 88.4 cm³/mol. The third-order valence-corrected chi connectivity index (χ3v) is 9.34. The van der Waals surface area contributed by atoms with Gasteiger partial charge in [-0.05, 0) is 6.42 Å². The van der Waals surface area contributed by atoms with Crippen molar-refractivity contribution in [2.24, 2.45) is 0 Å². The van der Waals surface area contributed by atoms with Crippen molar-refractivity contribution >= 4 is 98.8 Å². The molecule has 1 N–H and O–H groups in total. The molecule has 2 heterocycles. The summed E-state index contributed by atoms with van der Waals surface area (Å²) in [5.74, 6) is -1.66. The Labute approximate surface area is 166 Å². The van der Waals surface area contributed by atoms with Crippen LogP contribution >= 0.6 is 92.8 Å². The van der Waals surface area contributed by atoms with E-state index in [1.165, 1.54) is 0 Å². The fourth-order valence-electron chi connectivity index (χ4n) is 2.26. The SMILES string of the molecule is O=C(O)C1(Cl)OCC(Cl)(C(Cl)(Cl)C2(Cl)OCCC2Cl)C1(Cl)Cl. The molecule has 0 aromatic carbocycles. The number of hydrogen-bond acceptors (Lipinski definition) is 3. The zero-order chi connectivity index (χ0) is 17.2. The Hall–Kier alpha value is 1.71. The fourth-order valence-corrected chi connectivity index (χ4v) is 5.30. The van der Waals surface area contributed by atoms with Crippen molar-refractivity contribution in [3.05, 3.63) is 0 Å². The molecule has 2 rings (SSSR count). The summed E-state index contributed by atoms with van der Waals surface area (Å²) in [6.45, 7) is -0.443. The van der Waals surface area contributed by atoms with E-state index < -0.39 is 41.6 Å². The van der Waals surface area contributed by atoms with Crippen molar-refractivity contribution in [2.45, 2.75) is 35.5 Å². The summed E-state index contributed by atoms with van der Waals surface area (Å²) >= 11 is 49.6. The number of rotatable bonds is 3. The molecule has 0 amide bonds. The highest BCUT2D eigenvalue weighted by molar-refractivity contribution is 6.66. The highest BCUT2D eigenvalue weighted by atomic mass is 35.5. The van der Waals surface area contributed by atoms with Gasteiger partial charge in [0, 0.05) is 0 Å². The Bertz CT molecular complexity index is 501. The summed E-state index contributed by atoms with van der Waals surface area (Å²) in [4.78, 5) is 9.22. The average molecular weight is 476 g/mol. The van der Waals surface area contributed by atoms with Gasteiger partial charge < -0.3 is 14.6 Å². The van der Waals surface area contributed by atoms with Crippen LogP contribution in [0.15, 0.2) is 0 Å². The lowest BCUT2D eigenvalue weighted by atomic mass is 9.92. The molecule has 22 heavy (non-hydrogen) atoms. The van der Waals surface area contributed by atoms with Crippen LogP contribution in [0.4, 0.5) is 0 Å². The normalized spacial score (nSPS) is 45.2. The lowest BCUT2D eigenvalue weighted by Crippen LogP contribution is -2.67. The monoisotopic (exact) mass is 472 g/mol. The van der Waals surface area contributed by atoms with Crippen molar-refractivity contribution in [1.82, 2.24) is 0 Å². The standard InChI is InChI=1S/C10H8Cl8O4/c11-4-1-2-21-7(4,13)9(15,16)6(12)3-22-8(14,5(19)20)10(6,17)18/h4H,1-3H2,(H,19,20). The smallest absolute Gasteiger partial charge is 0.355 e. The summed E-state index contributed by atoms with van der Waals surface area (Å²) in [7, 11) is 0. The van der Waals surface area contributed by atoms with Gasteiger partial charge >= 0.3 is 5.97 Å². The summed E-state index contributed by atoms with van der Waals surface area (Å²) in [5.41, 5.74) is 0. The van der Waals surface area contributed by atoms with Crippen molar-refractivity contribution in [1.29, 1.82) is 0 Å². The first-order valence-corrected chi connectivity index (χ1v) is 8.84. The number of alkyl halides is 8. The molecule has 0 radical (unpaired) electrons. The Kier molecular flexibility index (Phi) is 5.34. The largest absolute Gasteiger partial charge is 0.478 e. The van der Waals surface area contributed by atoms with Gasteiger partial charge in [0.25, 0.3) is 5.06 Å². The van der Waals surface area contributed by atoms with Crippen LogP contribution in [0.5, 0.6) is 0 Å². The van der Waals surface area contributed by atoms with Crippen LogP contribution in [-0.2, 0) is 14.3 Å². The average Bonchev–Trinajstić information content (AvgIpc) is 2.84. The van der Waals surface area contributed by atoms with E-state index in [0.29, 0.717) is 6.42 Å². The van der Waals surface area contributed by atoms with E-state index in [0.717, 1.165) is 0 Å². The topological polar surface area (TPSA) is 55.8 Å². The molecule has 4 nitrogen and oxygen atoms in total. The Morgan fingerprint density at radius 1 is 1.14 bits per heavy atom. The van der Waals surface area contributed by atoms with Gasteiger partial charge in [0.2, 0.25) is 0 Å². The Morgan fingerprint density at radius 2 is 1.68 bits per heavy atom. The highest BCUT2D eigenvalue weighted by Gasteiger charge is 2.82. The van der Waals surface area contributed by atoms with E-state index in [-0.39, 0.29) is 6.61 Å². The van der Waals surface area contributed by atoms with Crippen LogP contribution in [0.25, 0.3) is 0 Å². The maximum Gasteiger partial charge on any atom is 0.355 e. The van der Waals surface area contributed by atoms with Crippen LogP contribution in [0.2, 0.25) is 0 Å². The minimum Gasteiger partial charge on any atom is -0.478 e. The molecule has 4 atom stereocenters. The molecular weight excluding hydrogens is 468 g/mol. The van der Waals surface area contributed by atoms with Crippen molar-refractivity contribution in [2.75, 3.05) is 13.2 Å². The molecule has 0 saturated carbocycles. The van der Waals surface area contributed by atoms with Gasteiger partial charge in [-0.25, -0.2) is 4.79 Å². The number of aliphatic carboxylic acids is 1. The number of carbonyl (C=O) groups is 1. The lowest BCUT2D eigenvalue weighted by molar-refractivity contribution is -0.151. The van der Waals surface area contributed by atoms with E-state index in [9.17, 15) is 9.90 Å². The molecule has 4 unspecified atom stereocenters. The van der Waals surface area contributed by atoms with Crippen LogP contribution in [0, 0.1) is 0 Å². The van der Waals surface area contributed by atoms with Gasteiger partial charge in [-0.3, -0.25) is 0 Å². The molecular formula is C10H8Cl8O4. The number of halogens is 8. The molecule has 0 bridgehead atoms. The predicted octanol–water partition coefficient (Wildman–Crippen LogP) is 4.32. The van der Waals surface area contributed by atoms with E-state index in [1.54, 1.807) is 0 Å². The minimum absolute atomic E-state index is 0.162. The molecule has 0 aromatic rings. The number of ether oxygens (including phenoxy) is 2. The molecule has 0 spiro atoms. The summed E-state index contributed by atoms with van der Waals surface area (Å²) in [6.07, 6.45) is 0.336. The highest BCUT2D eigenvalue weighted by Crippen LogP contribution is 2.67. The van der Waals surface area contributed by atoms with Crippen LogP contribution < -0.4 is 0 Å². The third-order valence-electron chi connectivity index (χ3n) is 3.66. The third kappa shape index (κ3) is 2.29. The van der Waals surface area contributed by atoms with Gasteiger partial charge in [-0.2, -0.15) is 0 Å². The second-order valence-corrected chi connectivity index (χ2v) is 9.81. The first-order valence-electron chi connectivity index (χ1n) is 5.75. The molecule has 12 heteroatoms. The molecule has 2 saturated heterocycles. The lowest BCUT2D eigenvalue weighted by Gasteiger charge is -2.48. The molecule has 2 aliphatic rings. The van der Waals surface area contributed by atoms with Crippen LogP contribution in [0.3, 0.4) is 0 Å². The second-order valence-electron chi connectivity index (χ2n) is 4.89. The number of carboxylic acid groups (broad SMARTS) is 1. The zero-order valence-corrected chi connectivity index (χ0v) is 16.4. The van der Waals surface area contributed by atoms with E-state index in [1.807, 2.05) is 0 Å². The minimum atomic E-state index is -2.58. The number of hydrogen-bond donors (Lipinski definition) is 1. The van der Waals surface area contributed by atoms with Crippen molar-refractivity contribution < 1.29 is 19.4 Å². The molecule has 0 aliphatic carbocycles. The van der Waals surface area contributed by atoms with Gasteiger partial charge in [0.15, 0.2) is 13.7 Å². The fraction of sp³-hybridized carbons (Fsp3) is 0.900. The summed E-state index contributed by atoms with van der Waals surface area (Å²) in [6, 6.07) is 0. The van der Waals surface area contributed by atoms with E-state index in [2.05, 4.69) is 0 Å². The first-order chi connectivity index (χ1) is 9.78. The van der Waals surface area contributed by atoms with Gasteiger partial charge in [0.1, 0.15) is 4.87 Å². The van der Waals surface area contributed by atoms with E-state index >= 15 is 0 Å². The van der Waals surface area contributed by atoms with Crippen LogP contribution in [-0.4, -0.2) is 53.3 Å².